The Morgan fingerprint density at radius 2 is 1.94 bits per heavy atom. The number of sulfone groups is 1. The maximum absolute atomic E-state index is 11.9. The Morgan fingerprint density at radius 3 is 2.61 bits per heavy atom. The summed E-state index contributed by atoms with van der Waals surface area (Å²) in [5.41, 5.74) is 5.70. The summed E-state index contributed by atoms with van der Waals surface area (Å²) in [7, 11) is -2.91. The molecule has 0 spiro atoms. The van der Waals surface area contributed by atoms with Crippen LogP contribution in [0.5, 0.6) is 0 Å². The van der Waals surface area contributed by atoms with E-state index in [4.69, 9.17) is 5.73 Å². The van der Waals surface area contributed by atoms with E-state index in [2.05, 4.69) is 4.90 Å². The average molecular weight is 274 g/mol. The van der Waals surface area contributed by atoms with Crippen LogP contribution in [0.15, 0.2) is 0 Å². The standard InChI is InChI=1S/C13H26N2O2S/c1-18(16,17)13-7-4-6-12(13)15-10-3-2-5-11(15)8-9-14/h11-13H,2-10,14H2,1H3. The van der Waals surface area contributed by atoms with Crippen molar-refractivity contribution in [1.82, 2.24) is 4.90 Å². The normalized spacial score (nSPS) is 34.9. The van der Waals surface area contributed by atoms with E-state index >= 15 is 0 Å². The zero-order valence-corrected chi connectivity index (χ0v) is 12.2. The third-order valence-corrected chi connectivity index (χ3v) is 6.22. The minimum Gasteiger partial charge on any atom is -0.330 e. The van der Waals surface area contributed by atoms with E-state index in [1.165, 1.54) is 25.5 Å². The van der Waals surface area contributed by atoms with Gasteiger partial charge in [-0.1, -0.05) is 12.8 Å². The predicted octanol–water partition coefficient (Wildman–Crippen LogP) is 1.16. The Bertz CT molecular complexity index is 367. The van der Waals surface area contributed by atoms with Crippen LogP contribution in [0, 0.1) is 0 Å². The molecule has 0 radical (unpaired) electrons. The zero-order chi connectivity index (χ0) is 13.2. The lowest BCUT2D eigenvalue weighted by Gasteiger charge is -2.41. The van der Waals surface area contributed by atoms with Crippen molar-refractivity contribution >= 4 is 9.84 Å². The molecular formula is C13H26N2O2S. The third kappa shape index (κ3) is 3.06. The number of hydrogen-bond donors (Lipinski definition) is 1. The minimum absolute atomic E-state index is 0.143. The number of hydrogen-bond acceptors (Lipinski definition) is 4. The minimum atomic E-state index is -2.91. The lowest BCUT2D eigenvalue weighted by Crippen LogP contribution is -2.51. The highest BCUT2D eigenvalue weighted by atomic mass is 32.2. The van der Waals surface area contributed by atoms with Crippen molar-refractivity contribution in [3.8, 4) is 0 Å². The molecule has 0 amide bonds. The van der Waals surface area contributed by atoms with Crippen LogP contribution in [0.2, 0.25) is 0 Å². The molecule has 1 saturated carbocycles. The molecule has 18 heavy (non-hydrogen) atoms. The van der Waals surface area contributed by atoms with E-state index in [-0.39, 0.29) is 11.3 Å². The quantitative estimate of drug-likeness (QED) is 0.835. The van der Waals surface area contributed by atoms with Gasteiger partial charge in [-0.2, -0.15) is 0 Å². The number of piperidine rings is 1. The summed E-state index contributed by atoms with van der Waals surface area (Å²) in [5, 5.41) is -0.143. The Kier molecular flexibility index (Phi) is 4.67. The van der Waals surface area contributed by atoms with E-state index in [0.29, 0.717) is 12.6 Å². The Morgan fingerprint density at radius 1 is 1.17 bits per heavy atom. The highest BCUT2D eigenvalue weighted by Crippen LogP contribution is 2.33. The molecule has 3 unspecified atom stereocenters. The lowest BCUT2D eigenvalue weighted by atomic mass is 9.96. The van der Waals surface area contributed by atoms with Crippen LogP contribution in [0.4, 0.5) is 0 Å². The van der Waals surface area contributed by atoms with Gasteiger partial charge >= 0.3 is 0 Å². The molecule has 5 heteroatoms. The van der Waals surface area contributed by atoms with E-state index in [0.717, 1.165) is 32.2 Å². The van der Waals surface area contributed by atoms with Crippen molar-refractivity contribution < 1.29 is 8.42 Å². The molecule has 3 atom stereocenters. The predicted molar refractivity (Wildman–Crippen MR) is 74.3 cm³/mol. The molecule has 2 rings (SSSR count). The fourth-order valence-electron chi connectivity index (χ4n) is 3.75. The first-order valence-corrected chi connectivity index (χ1v) is 9.14. The van der Waals surface area contributed by atoms with Gasteiger partial charge in [0.1, 0.15) is 0 Å². The second kappa shape index (κ2) is 5.88. The van der Waals surface area contributed by atoms with Crippen LogP contribution in [-0.4, -0.2) is 50.0 Å². The van der Waals surface area contributed by atoms with Gasteiger partial charge in [-0.15, -0.1) is 0 Å². The highest BCUT2D eigenvalue weighted by Gasteiger charge is 2.40. The SMILES string of the molecule is CS(=O)(=O)C1CCCC1N1CCCCC1CCN. The number of rotatable bonds is 4. The van der Waals surface area contributed by atoms with E-state index in [9.17, 15) is 8.42 Å². The van der Waals surface area contributed by atoms with Crippen molar-refractivity contribution in [3.63, 3.8) is 0 Å². The monoisotopic (exact) mass is 274 g/mol. The molecule has 2 fully saturated rings. The van der Waals surface area contributed by atoms with Gasteiger partial charge in [-0.05, 0) is 45.2 Å². The van der Waals surface area contributed by atoms with Crippen molar-refractivity contribution in [3.05, 3.63) is 0 Å². The van der Waals surface area contributed by atoms with Gasteiger partial charge in [0.15, 0.2) is 9.84 Å². The Balaban J connectivity index is 2.12. The van der Waals surface area contributed by atoms with Gasteiger partial charge in [0.25, 0.3) is 0 Å². The molecule has 0 bridgehead atoms. The maximum Gasteiger partial charge on any atom is 0.151 e. The zero-order valence-electron chi connectivity index (χ0n) is 11.3. The molecule has 4 nitrogen and oxygen atoms in total. The summed E-state index contributed by atoms with van der Waals surface area (Å²) in [6.45, 7) is 1.76. The van der Waals surface area contributed by atoms with E-state index in [1.54, 1.807) is 0 Å². The number of nitrogens with two attached hydrogens (primary N) is 1. The number of likely N-dealkylation sites (tertiary alicyclic amines) is 1. The summed E-state index contributed by atoms with van der Waals surface area (Å²) in [6.07, 6.45) is 8.99. The summed E-state index contributed by atoms with van der Waals surface area (Å²) in [6, 6.07) is 0.757. The molecule has 106 valence electrons. The topological polar surface area (TPSA) is 63.4 Å². The van der Waals surface area contributed by atoms with Crippen LogP contribution < -0.4 is 5.73 Å². The summed E-state index contributed by atoms with van der Waals surface area (Å²) in [4.78, 5) is 2.47. The maximum atomic E-state index is 11.9. The van der Waals surface area contributed by atoms with Gasteiger partial charge in [-0.25, -0.2) is 8.42 Å². The Labute approximate surface area is 111 Å². The molecule has 2 aliphatic rings. The third-order valence-electron chi connectivity index (χ3n) is 4.57. The van der Waals surface area contributed by atoms with Gasteiger partial charge in [0, 0.05) is 18.3 Å². The Hall–Kier alpha value is -0.130. The van der Waals surface area contributed by atoms with Crippen LogP contribution >= 0.6 is 0 Å². The largest absolute Gasteiger partial charge is 0.330 e. The lowest BCUT2D eigenvalue weighted by molar-refractivity contribution is 0.0939. The fraction of sp³-hybridized carbons (Fsp3) is 1.00. The molecule has 1 aliphatic carbocycles. The first-order valence-electron chi connectivity index (χ1n) is 7.18. The van der Waals surface area contributed by atoms with Crippen LogP contribution in [0.3, 0.4) is 0 Å². The molecule has 0 aromatic carbocycles. The summed E-state index contributed by atoms with van der Waals surface area (Å²) in [5.74, 6) is 0. The smallest absolute Gasteiger partial charge is 0.151 e. The number of nitrogens with zero attached hydrogens (tertiary/aromatic N) is 1. The van der Waals surface area contributed by atoms with Crippen molar-refractivity contribution in [2.45, 2.75) is 62.3 Å². The van der Waals surface area contributed by atoms with Crippen LogP contribution in [-0.2, 0) is 9.84 Å². The molecule has 1 heterocycles. The second-order valence-electron chi connectivity index (χ2n) is 5.83. The average Bonchev–Trinajstić information content (AvgIpc) is 2.78. The molecular weight excluding hydrogens is 248 g/mol. The van der Waals surface area contributed by atoms with Crippen molar-refractivity contribution in [1.29, 1.82) is 0 Å². The molecule has 1 aliphatic heterocycles. The van der Waals surface area contributed by atoms with Crippen LogP contribution in [0.25, 0.3) is 0 Å². The highest BCUT2D eigenvalue weighted by molar-refractivity contribution is 7.91. The first-order chi connectivity index (χ1) is 8.54. The van der Waals surface area contributed by atoms with Crippen LogP contribution in [0.1, 0.15) is 44.9 Å². The second-order valence-corrected chi connectivity index (χ2v) is 8.10. The van der Waals surface area contributed by atoms with Crippen molar-refractivity contribution in [2.75, 3.05) is 19.3 Å². The fourth-order valence-corrected chi connectivity index (χ4v) is 5.21. The summed E-state index contributed by atoms with van der Waals surface area (Å²) >= 11 is 0. The molecule has 0 aromatic rings. The molecule has 1 saturated heterocycles. The van der Waals surface area contributed by atoms with E-state index in [1.807, 2.05) is 0 Å². The van der Waals surface area contributed by atoms with Gasteiger partial charge in [0.2, 0.25) is 0 Å². The first kappa shape index (κ1) is 14.3. The van der Waals surface area contributed by atoms with E-state index < -0.39 is 9.84 Å². The van der Waals surface area contributed by atoms with Gasteiger partial charge < -0.3 is 5.73 Å². The van der Waals surface area contributed by atoms with Crippen molar-refractivity contribution in [2.24, 2.45) is 5.73 Å². The molecule has 2 N–H and O–H groups in total. The van der Waals surface area contributed by atoms with Gasteiger partial charge in [-0.3, -0.25) is 4.90 Å². The summed E-state index contributed by atoms with van der Waals surface area (Å²) < 4.78 is 23.8. The molecule has 0 aromatic heterocycles. The van der Waals surface area contributed by atoms with Gasteiger partial charge in [0.05, 0.1) is 5.25 Å².